The lowest BCUT2D eigenvalue weighted by Crippen LogP contribution is -2.43. The van der Waals surface area contributed by atoms with Crippen LogP contribution in [0.2, 0.25) is 0 Å². The van der Waals surface area contributed by atoms with Crippen LogP contribution in [0.5, 0.6) is 0 Å². The van der Waals surface area contributed by atoms with Gasteiger partial charge in [0, 0.05) is 18.2 Å². The lowest BCUT2D eigenvalue weighted by atomic mass is 10.0. The van der Waals surface area contributed by atoms with Gasteiger partial charge in [-0.3, -0.25) is 9.59 Å². The first-order chi connectivity index (χ1) is 17.4. The van der Waals surface area contributed by atoms with Crippen molar-refractivity contribution in [3.8, 4) is 0 Å². The van der Waals surface area contributed by atoms with Gasteiger partial charge in [0.25, 0.3) is 5.91 Å². The Bertz CT molecular complexity index is 1150. The van der Waals surface area contributed by atoms with E-state index in [4.69, 9.17) is 4.42 Å². The van der Waals surface area contributed by atoms with E-state index in [1.165, 1.54) is 30.5 Å². The average Bonchev–Trinajstić information content (AvgIpc) is 3.64. The Balaban J connectivity index is 1.47. The topological polar surface area (TPSA) is 53.8 Å². The molecule has 1 fully saturated rings. The first kappa shape index (κ1) is 25.7. The molecule has 0 atom stereocenters. The number of nitrogens with zero attached hydrogens (tertiary/aromatic N) is 2. The summed E-state index contributed by atoms with van der Waals surface area (Å²) in [5, 5.41) is 0. The number of hydrogen-bond acceptors (Lipinski definition) is 3. The minimum Gasteiger partial charge on any atom is -0.464 e. The number of rotatable bonds is 12. The van der Waals surface area contributed by atoms with Crippen LogP contribution in [0, 0.1) is 12.7 Å². The Morgan fingerprint density at radius 3 is 2.22 bits per heavy atom. The minimum absolute atomic E-state index is 0.00262. The molecule has 1 saturated carbocycles. The third-order valence-corrected chi connectivity index (χ3v) is 6.61. The molecule has 0 radical (unpaired) electrons. The molecule has 0 spiro atoms. The molecule has 1 aromatic heterocycles. The average molecular weight is 491 g/mol. The Morgan fingerprint density at radius 1 is 0.917 bits per heavy atom. The van der Waals surface area contributed by atoms with Gasteiger partial charge in [0.2, 0.25) is 5.91 Å². The van der Waals surface area contributed by atoms with Gasteiger partial charge in [-0.15, -0.1) is 0 Å². The molecule has 2 amide bonds. The molecule has 36 heavy (non-hydrogen) atoms. The summed E-state index contributed by atoms with van der Waals surface area (Å²) in [7, 11) is 0. The largest absolute Gasteiger partial charge is 0.464 e. The molecule has 0 bridgehead atoms. The maximum atomic E-state index is 13.5. The molecule has 0 saturated heterocycles. The van der Waals surface area contributed by atoms with Crippen molar-refractivity contribution in [3.05, 3.63) is 94.7 Å². The van der Waals surface area contributed by atoms with E-state index in [1.54, 1.807) is 21.9 Å². The molecule has 0 aliphatic heterocycles. The summed E-state index contributed by atoms with van der Waals surface area (Å²) >= 11 is 0. The minimum atomic E-state index is -0.319. The van der Waals surface area contributed by atoms with Crippen molar-refractivity contribution < 1.29 is 18.4 Å². The van der Waals surface area contributed by atoms with E-state index in [0.717, 1.165) is 37.0 Å². The molecule has 2 aromatic carbocycles. The van der Waals surface area contributed by atoms with Gasteiger partial charge < -0.3 is 14.2 Å². The Hall–Kier alpha value is -3.41. The summed E-state index contributed by atoms with van der Waals surface area (Å²) in [5.74, 6) is 0.851. The molecule has 1 aliphatic rings. The van der Waals surface area contributed by atoms with Gasteiger partial charge in [0.1, 0.15) is 23.9 Å². The molecule has 3 aromatic rings. The number of unbranched alkanes of at least 4 members (excludes halogenated alkanes) is 2. The third kappa shape index (κ3) is 7.06. The Kier molecular flexibility index (Phi) is 8.57. The van der Waals surface area contributed by atoms with Crippen molar-refractivity contribution in [2.75, 3.05) is 6.54 Å². The van der Waals surface area contributed by atoms with Gasteiger partial charge in [0.05, 0.1) is 6.54 Å². The highest BCUT2D eigenvalue weighted by molar-refractivity contribution is 5.97. The second-order valence-electron chi connectivity index (χ2n) is 9.71. The molecule has 1 heterocycles. The van der Waals surface area contributed by atoms with E-state index in [0.29, 0.717) is 17.9 Å². The summed E-state index contributed by atoms with van der Waals surface area (Å²) < 4.78 is 19.1. The highest BCUT2D eigenvalue weighted by Gasteiger charge is 2.35. The van der Waals surface area contributed by atoms with E-state index in [9.17, 15) is 14.0 Å². The number of carbonyl (C=O) groups is 2. The van der Waals surface area contributed by atoms with E-state index in [1.807, 2.05) is 43.3 Å². The second-order valence-corrected chi connectivity index (χ2v) is 9.71. The van der Waals surface area contributed by atoms with Crippen LogP contribution in [0.25, 0.3) is 0 Å². The zero-order valence-corrected chi connectivity index (χ0v) is 21.2. The van der Waals surface area contributed by atoms with E-state index in [-0.39, 0.29) is 36.8 Å². The van der Waals surface area contributed by atoms with Crippen molar-refractivity contribution in [2.24, 2.45) is 0 Å². The summed E-state index contributed by atoms with van der Waals surface area (Å²) in [6, 6.07) is 17.7. The van der Waals surface area contributed by atoms with Crippen molar-refractivity contribution >= 4 is 11.8 Å². The summed E-state index contributed by atoms with van der Waals surface area (Å²) in [6.07, 6.45) is 6.35. The van der Waals surface area contributed by atoms with Crippen LogP contribution in [-0.2, 0) is 24.3 Å². The van der Waals surface area contributed by atoms with Gasteiger partial charge in [-0.25, -0.2) is 4.39 Å². The number of hydrogen-bond donors (Lipinski definition) is 0. The van der Waals surface area contributed by atoms with Crippen molar-refractivity contribution in [1.29, 1.82) is 0 Å². The highest BCUT2D eigenvalue weighted by atomic mass is 19.1. The standard InChI is InChI=1S/C30H35FN2O3/c1-3-4-5-6-23-8-12-25(13-9-23)30(35)33(27-16-17-27)21-29(34)32(20-28-18-7-22(2)36-28)19-24-10-14-26(31)15-11-24/h7-15,18,27H,3-6,16-17,19-21H2,1-2H3. The van der Waals surface area contributed by atoms with Gasteiger partial charge in [-0.1, -0.05) is 44.0 Å². The Labute approximate surface area is 212 Å². The summed E-state index contributed by atoms with van der Waals surface area (Å²) in [6.45, 7) is 4.63. The lowest BCUT2D eigenvalue weighted by Gasteiger charge is -2.27. The molecular weight excluding hydrogens is 455 g/mol. The Morgan fingerprint density at radius 2 is 1.61 bits per heavy atom. The van der Waals surface area contributed by atoms with Crippen LogP contribution in [0.1, 0.15) is 72.0 Å². The lowest BCUT2D eigenvalue weighted by molar-refractivity contribution is -0.133. The fourth-order valence-electron chi connectivity index (χ4n) is 4.36. The number of benzene rings is 2. The molecule has 0 N–H and O–H groups in total. The second kappa shape index (κ2) is 12.0. The molecule has 0 unspecified atom stereocenters. The van der Waals surface area contributed by atoms with E-state index < -0.39 is 0 Å². The van der Waals surface area contributed by atoms with Crippen LogP contribution >= 0.6 is 0 Å². The van der Waals surface area contributed by atoms with Crippen LogP contribution < -0.4 is 0 Å². The highest BCUT2D eigenvalue weighted by Crippen LogP contribution is 2.29. The first-order valence-electron chi connectivity index (χ1n) is 12.9. The van der Waals surface area contributed by atoms with Crippen LogP contribution in [0.4, 0.5) is 4.39 Å². The fraction of sp³-hybridized carbons (Fsp3) is 0.400. The zero-order valence-electron chi connectivity index (χ0n) is 21.2. The van der Waals surface area contributed by atoms with E-state index in [2.05, 4.69) is 6.92 Å². The number of halogens is 1. The van der Waals surface area contributed by atoms with Crippen molar-refractivity contribution in [1.82, 2.24) is 9.80 Å². The number of carbonyl (C=O) groups excluding carboxylic acids is 2. The quantitative estimate of drug-likeness (QED) is 0.280. The predicted octanol–water partition coefficient (Wildman–Crippen LogP) is 6.29. The number of amides is 2. The SMILES string of the molecule is CCCCCc1ccc(C(=O)N(CC(=O)N(Cc2ccc(F)cc2)Cc2ccc(C)o2)C2CC2)cc1. The monoisotopic (exact) mass is 490 g/mol. The maximum Gasteiger partial charge on any atom is 0.254 e. The van der Waals surface area contributed by atoms with Crippen molar-refractivity contribution in [2.45, 2.75) is 71.5 Å². The van der Waals surface area contributed by atoms with E-state index >= 15 is 0 Å². The molecule has 1 aliphatic carbocycles. The van der Waals surface area contributed by atoms with Crippen LogP contribution in [-0.4, -0.2) is 34.2 Å². The summed E-state index contributed by atoms with van der Waals surface area (Å²) in [4.78, 5) is 30.3. The van der Waals surface area contributed by atoms with Crippen LogP contribution in [0.3, 0.4) is 0 Å². The molecule has 5 nitrogen and oxygen atoms in total. The number of aryl methyl sites for hydroxylation is 2. The summed E-state index contributed by atoms with van der Waals surface area (Å²) in [5.41, 5.74) is 2.66. The predicted molar refractivity (Wildman–Crippen MR) is 138 cm³/mol. The van der Waals surface area contributed by atoms with Crippen LogP contribution in [0.15, 0.2) is 65.1 Å². The fourth-order valence-corrected chi connectivity index (χ4v) is 4.36. The zero-order chi connectivity index (χ0) is 25.5. The maximum absolute atomic E-state index is 13.5. The molecular formula is C30H35FN2O3. The van der Waals surface area contributed by atoms with Gasteiger partial charge >= 0.3 is 0 Å². The molecule has 4 rings (SSSR count). The van der Waals surface area contributed by atoms with Gasteiger partial charge in [0.15, 0.2) is 0 Å². The third-order valence-electron chi connectivity index (χ3n) is 6.61. The normalized spacial score (nSPS) is 13.0. The smallest absolute Gasteiger partial charge is 0.254 e. The number of furan rings is 1. The molecule has 6 heteroatoms. The van der Waals surface area contributed by atoms with Crippen molar-refractivity contribution in [3.63, 3.8) is 0 Å². The first-order valence-corrected chi connectivity index (χ1v) is 12.9. The van der Waals surface area contributed by atoms with Gasteiger partial charge in [-0.05, 0) is 80.1 Å². The molecule has 190 valence electrons. The van der Waals surface area contributed by atoms with Gasteiger partial charge in [-0.2, -0.15) is 0 Å².